The van der Waals surface area contributed by atoms with Gasteiger partial charge in [0.25, 0.3) is 11.5 Å². The van der Waals surface area contributed by atoms with Gasteiger partial charge in [-0.1, -0.05) is 0 Å². The van der Waals surface area contributed by atoms with Crippen molar-refractivity contribution in [3.63, 3.8) is 0 Å². The summed E-state index contributed by atoms with van der Waals surface area (Å²) < 4.78 is 15.1. The van der Waals surface area contributed by atoms with Gasteiger partial charge in [0.2, 0.25) is 5.91 Å². The van der Waals surface area contributed by atoms with Crippen molar-refractivity contribution in [2.24, 2.45) is 7.05 Å². The molecule has 39 heavy (non-hydrogen) atoms. The molecule has 4 aromatic rings. The van der Waals surface area contributed by atoms with Crippen molar-refractivity contribution < 1.29 is 19.1 Å². The van der Waals surface area contributed by atoms with Crippen molar-refractivity contribution in [1.82, 2.24) is 38.5 Å². The van der Waals surface area contributed by atoms with Crippen LogP contribution in [0.1, 0.15) is 34.9 Å². The number of aryl methyl sites for hydroxylation is 1. The Bertz CT molecular complexity index is 1580. The molecule has 0 spiro atoms. The first-order valence-electron chi connectivity index (χ1n) is 12.5. The number of carbonyl (C=O) groups excluding carboxylic acids is 2. The molecule has 5 heterocycles. The van der Waals surface area contributed by atoms with E-state index >= 15 is 0 Å². The summed E-state index contributed by atoms with van der Waals surface area (Å²) in [6.45, 7) is 1.23. The van der Waals surface area contributed by atoms with Gasteiger partial charge in [0.05, 0.1) is 37.4 Å². The number of aromatic amines is 1. The normalized spacial score (nSPS) is 14.2. The maximum Gasteiger partial charge on any atom is 0.332 e. The Kier molecular flexibility index (Phi) is 7.74. The van der Waals surface area contributed by atoms with Gasteiger partial charge < -0.3 is 19.4 Å². The molecule has 0 saturated carbocycles. The molecule has 204 valence electrons. The summed E-state index contributed by atoms with van der Waals surface area (Å²) in [7, 11) is 1.58. The van der Waals surface area contributed by atoms with E-state index in [9.17, 15) is 19.2 Å². The fourth-order valence-electron chi connectivity index (χ4n) is 4.66. The Balaban J connectivity index is 1.06. The molecule has 1 N–H and O–H groups in total. The minimum absolute atomic E-state index is 0.107. The molecule has 1 aliphatic rings. The van der Waals surface area contributed by atoms with Crippen LogP contribution in [0.4, 0.5) is 0 Å². The fraction of sp³-hybridized carbons (Fsp3) is 0.400. The average molecular weight is 537 g/mol. The number of nitrogens with one attached hydrogen (secondary N) is 1. The lowest BCUT2D eigenvalue weighted by molar-refractivity contribution is -0.138. The zero-order valence-electron chi connectivity index (χ0n) is 21.4. The summed E-state index contributed by atoms with van der Waals surface area (Å²) in [6, 6.07) is 3.05. The van der Waals surface area contributed by atoms with Gasteiger partial charge in [0.15, 0.2) is 5.65 Å². The zero-order valence-corrected chi connectivity index (χ0v) is 21.4. The van der Waals surface area contributed by atoms with Gasteiger partial charge in [0, 0.05) is 44.8 Å². The Morgan fingerprint density at radius 1 is 1.10 bits per heavy atom. The quantitative estimate of drug-likeness (QED) is 0.293. The molecule has 0 bridgehead atoms. The van der Waals surface area contributed by atoms with Crippen LogP contribution >= 0.6 is 0 Å². The Morgan fingerprint density at radius 2 is 1.90 bits per heavy atom. The van der Waals surface area contributed by atoms with E-state index in [4.69, 9.17) is 9.47 Å². The smallest absolute Gasteiger partial charge is 0.332 e. The van der Waals surface area contributed by atoms with Crippen LogP contribution in [0, 0.1) is 0 Å². The fourth-order valence-corrected chi connectivity index (χ4v) is 4.66. The highest BCUT2D eigenvalue weighted by atomic mass is 16.5. The summed E-state index contributed by atoms with van der Waals surface area (Å²) in [6.07, 6.45) is 8.45. The highest BCUT2D eigenvalue weighted by molar-refractivity contribution is 5.96. The highest BCUT2D eigenvalue weighted by Crippen LogP contribution is 2.20. The lowest BCUT2D eigenvalue weighted by Crippen LogP contribution is -2.47. The number of imidazole rings is 2. The van der Waals surface area contributed by atoms with E-state index in [1.165, 1.54) is 32.6 Å². The Hall–Kier alpha value is -4.43. The number of ether oxygens (including phenoxy) is 2. The molecular formula is C25H28N8O6. The van der Waals surface area contributed by atoms with Crippen molar-refractivity contribution in [2.75, 3.05) is 32.9 Å². The summed E-state index contributed by atoms with van der Waals surface area (Å²) in [5.74, 6) is -0.424. The van der Waals surface area contributed by atoms with Crippen molar-refractivity contribution in [2.45, 2.75) is 25.5 Å². The van der Waals surface area contributed by atoms with Crippen molar-refractivity contribution in [1.29, 1.82) is 0 Å². The second-order valence-corrected chi connectivity index (χ2v) is 9.11. The van der Waals surface area contributed by atoms with E-state index in [1.807, 2.05) is 0 Å². The molecule has 0 radical (unpaired) electrons. The molecule has 14 nitrogen and oxygen atoms in total. The zero-order chi connectivity index (χ0) is 27.4. The standard InChI is InChI=1S/C25H28N8O6/c1-30-22-21(28-15-29-22)24(36)33(25(30)37)17-4-8-31(9-5-17)20(34)14-39-12-11-38-13-19-18(3-2-6-27-19)23(35)32-10-7-26-16-32/h2-3,6-7,10,15-17H,4-5,8-9,11-14H2,1H3,(H,28,29). The molecule has 1 saturated heterocycles. The lowest BCUT2D eigenvalue weighted by atomic mass is 10.0. The van der Waals surface area contributed by atoms with E-state index in [-0.39, 0.29) is 49.8 Å². The van der Waals surface area contributed by atoms with Gasteiger partial charge in [-0.3, -0.25) is 33.1 Å². The molecule has 5 rings (SSSR count). The number of aromatic nitrogens is 7. The van der Waals surface area contributed by atoms with E-state index in [1.54, 1.807) is 36.5 Å². The van der Waals surface area contributed by atoms with Crippen LogP contribution in [0.5, 0.6) is 0 Å². The highest BCUT2D eigenvalue weighted by Gasteiger charge is 2.27. The maximum absolute atomic E-state index is 12.8. The van der Waals surface area contributed by atoms with E-state index in [0.717, 1.165) is 0 Å². The van der Waals surface area contributed by atoms with Crippen LogP contribution in [-0.2, 0) is 27.9 Å². The van der Waals surface area contributed by atoms with Crippen LogP contribution in [0.2, 0.25) is 0 Å². The van der Waals surface area contributed by atoms with Gasteiger partial charge in [-0.15, -0.1) is 0 Å². The average Bonchev–Trinajstić information content (AvgIpc) is 3.67. The molecule has 1 fully saturated rings. The predicted molar refractivity (Wildman–Crippen MR) is 137 cm³/mol. The number of fused-ring (bicyclic) bond motifs is 1. The molecule has 0 aromatic carbocycles. The number of hydrogen-bond acceptors (Lipinski definition) is 9. The van der Waals surface area contributed by atoms with E-state index in [2.05, 4.69) is 19.9 Å². The third-order valence-electron chi connectivity index (χ3n) is 6.74. The first-order chi connectivity index (χ1) is 19.0. The first kappa shape index (κ1) is 26.2. The lowest BCUT2D eigenvalue weighted by Gasteiger charge is -2.32. The second-order valence-electron chi connectivity index (χ2n) is 9.11. The molecule has 0 unspecified atom stereocenters. The molecule has 14 heteroatoms. The monoisotopic (exact) mass is 536 g/mol. The number of nitrogens with zero attached hydrogens (tertiary/aromatic N) is 7. The number of hydrogen-bond donors (Lipinski definition) is 1. The van der Waals surface area contributed by atoms with Gasteiger partial charge in [-0.25, -0.2) is 14.8 Å². The number of amides is 1. The Morgan fingerprint density at radius 3 is 2.67 bits per heavy atom. The third-order valence-corrected chi connectivity index (χ3v) is 6.74. The van der Waals surface area contributed by atoms with Crippen LogP contribution < -0.4 is 11.2 Å². The summed E-state index contributed by atoms with van der Waals surface area (Å²) in [5, 5.41) is 0. The second kappa shape index (κ2) is 11.5. The SMILES string of the molecule is Cn1c(=O)n(C2CCN(C(=O)COCCOCc3ncccc3C(=O)n3ccnc3)CC2)c(=O)c2[nH]cnc21. The number of pyridine rings is 1. The van der Waals surface area contributed by atoms with Gasteiger partial charge in [-0.2, -0.15) is 0 Å². The Labute approximate surface area is 221 Å². The van der Waals surface area contributed by atoms with Gasteiger partial charge >= 0.3 is 5.69 Å². The van der Waals surface area contributed by atoms with Gasteiger partial charge in [-0.05, 0) is 25.0 Å². The van der Waals surface area contributed by atoms with Crippen molar-refractivity contribution in [3.05, 3.63) is 75.5 Å². The molecule has 1 aliphatic heterocycles. The number of piperidine rings is 1. The number of rotatable bonds is 9. The number of likely N-dealkylation sites (tertiary alicyclic amines) is 1. The number of carbonyl (C=O) groups is 2. The molecule has 0 aliphatic carbocycles. The maximum atomic E-state index is 12.8. The summed E-state index contributed by atoms with van der Waals surface area (Å²) >= 11 is 0. The predicted octanol–water partition coefficient (Wildman–Crippen LogP) is 0.100. The van der Waals surface area contributed by atoms with Gasteiger partial charge in [0.1, 0.15) is 18.5 Å². The topological polar surface area (TPSA) is 159 Å². The van der Waals surface area contributed by atoms with Crippen molar-refractivity contribution in [3.8, 4) is 0 Å². The molecule has 0 atom stereocenters. The van der Waals surface area contributed by atoms with Crippen LogP contribution in [0.25, 0.3) is 11.2 Å². The number of H-pyrrole nitrogens is 1. The molecule has 1 amide bonds. The third kappa shape index (κ3) is 5.42. The van der Waals surface area contributed by atoms with Crippen LogP contribution in [0.15, 0.2) is 53.0 Å². The minimum Gasteiger partial charge on any atom is -0.373 e. The summed E-state index contributed by atoms with van der Waals surface area (Å²) in [5.41, 5.74) is 0.698. The largest absolute Gasteiger partial charge is 0.373 e. The van der Waals surface area contributed by atoms with Crippen LogP contribution in [-0.4, -0.2) is 83.3 Å². The minimum atomic E-state index is -0.420. The first-order valence-corrected chi connectivity index (χ1v) is 12.5. The van der Waals surface area contributed by atoms with Crippen LogP contribution in [0.3, 0.4) is 0 Å². The molecule has 4 aromatic heterocycles. The van der Waals surface area contributed by atoms with E-state index < -0.39 is 11.2 Å². The van der Waals surface area contributed by atoms with Crippen molar-refractivity contribution >= 4 is 23.0 Å². The summed E-state index contributed by atoms with van der Waals surface area (Å²) in [4.78, 5) is 67.5. The molecular weight excluding hydrogens is 508 g/mol. The van der Waals surface area contributed by atoms with E-state index in [0.29, 0.717) is 42.8 Å².